The van der Waals surface area contributed by atoms with Gasteiger partial charge in [-0.3, -0.25) is 0 Å². The minimum Gasteiger partial charge on any atom is -0.475 e. The fourth-order valence-electron chi connectivity index (χ4n) is 3.39. The second-order valence-electron chi connectivity index (χ2n) is 7.14. The average Bonchev–Trinajstić information content (AvgIpc) is 2.97. The summed E-state index contributed by atoms with van der Waals surface area (Å²) in [6.45, 7) is 1.23. The normalized spacial score (nSPS) is 14.3. The van der Waals surface area contributed by atoms with E-state index in [1.165, 1.54) is 6.20 Å². The van der Waals surface area contributed by atoms with Crippen molar-refractivity contribution in [2.75, 3.05) is 6.54 Å². The minimum absolute atomic E-state index is 0.341. The number of carbonyl (C=O) groups is 1. The summed E-state index contributed by atoms with van der Waals surface area (Å²) in [7, 11) is -4.33. The molecule has 1 aliphatic heterocycles. The maximum Gasteiger partial charge on any atom is 0.490 e. The first-order valence-electron chi connectivity index (χ1n) is 9.39. The van der Waals surface area contributed by atoms with Crippen LogP contribution in [0.25, 0.3) is 10.9 Å². The monoisotopic (exact) mass is 512 g/mol. The fraction of sp³-hybridized carbons (Fsp3) is 0.250. The maximum absolute atomic E-state index is 13.5. The number of aromatic nitrogens is 1. The molecule has 2 N–H and O–H groups in total. The molecule has 14 heteroatoms. The topological polar surface area (TPSA) is 88.4 Å². The molecule has 0 aliphatic carbocycles. The summed E-state index contributed by atoms with van der Waals surface area (Å²) in [6, 6.07) is 6.91. The average molecular weight is 512 g/mol. The van der Waals surface area contributed by atoms with Gasteiger partial charge in [0.2, 0.25) is 0 Å². The summed E-state index contributed by atoms with van der Waals surface area (Å²) in [6.07, 6.45) is -8.04. The van der Waals surface area contributed by atoms with Gasteiger partial charge < -0.3 is 10.4 Å². The van der Waals surface area contributed by atoms with Crippen LogP contribution in [0.4, 0.5) is 30.7 Å². The molecule has 0 saturated heterocycles. The summed E-state index contributed by atoms with van der Waals surface area (Å²) in [5.41, 5.74) is 0.506. The predicted octanol–water partition coefficient (Wildman–Crippen LogP) is 4.32. The van der Waals surface area contributed by atoms with E-state index in [0.717, 1.165) is 26.6 Å². The number of benzene rings is 2. The van der Waals surface area contributed by atoms with Crippen LogP contribution in [0.1, 0.15) is 16.7 Å². The Kier molecular flexibility index (Phi) is 6.68. The van der Waals surface area contributed by atoms with E-state index in [-0.39, 0.29) is 0 Å². The molecule has 0 amide bonds. The molecule has 0 saturated carbocycles. The number of alkyl halides is 6. The standard InChI is InChI=1S/C18H14F4N2O2S.C2HF3O2/c19-15-5-4-13(8-14(15)18(20,21)22)27(25,26)24-10-12-6-7-23-9-11-2-1-3-16(24)17(11)12;3-2(4,5)1(6)7/h1-5,8,10,23H,6-7,9H2;(H,6,7). The highest BCUT2D eigenvalue weighted by Crippen LogP contribution is 2.35. The lowest BCUT2D eigenvalue weighted by Gasteiger charge is -2.12. The van der Waals surface area contributed by atoms with Gasteiger partial charge in [-0.1, -0.05) is 12.1 Å². The summed E-state index contributed by atoms with van der Waals surface area (Å²) in [4.78, 5) is 8.28. The van der Waals surface area contributed by atoms with Crippen LogP contribution in [-0.4, -0.2) is 36.2 Å². The molecule has 0 bridgehead atoms. The summed E-state index contributed by atoms with van der Waals surface area (Å²) in [5.74, 6) is -4.27. The van der Waals surface area contributed by atoms with Crippen molar-refractivity contribution < 1.29 is 49.1 Å². The molecule has 3 aromatic rings. The van der Waals surface area contributed by atoms with E-state index in [1.807, 2.05) is 6.07 Å². The lowest BCUT2D eigenvalue weighted by Crippen LogP contribution is -2.21. The molecule has 0 fully saturated rings. The first kappa shape index (κ1) is 25.5. The highest BCUT2D eigenvalue weighted by atomic mass is 32.2. The number of aliphatic carboxylic acids is 1. The molecule has 4 rings (SSSR count). The van der Waals surface area contributed by atoms with Gasteiger partial charge in [0.05, 0.1) is 16.0 Å². The van der Waals surface area contributed by atoms with Gasteiger partial charge in [0.25, 0.3) is 10.0 Å². The van der Waals surface area contributed by atoms with Gasteiger partial charge >= 0.3 is 18.3 Å². The molecule has 2 aromatic carbocycles. The van der Waals surface area contributed by atoms with E-state index < -0.39 is 44.6 Å². The van der Waals surface area contributed by atoms with Crippen LogP contribution in [0, 0.1) is 5.82 Å². The van der Waals surface area contributed by atoms with Crippen molar-refractivity contribution in [3.05, 3.63) is 65.1 Å². The predicted molar refractivity (Wildman–Crippen MR) is 105 cm³/mol. The van der Waals surface area contributed by atoms with Crippen LogP contribution in [0.2, 0.25) is 0 Å². The van der Waals surface area contributed by atoms with E-state index >= 15 is 0 Å². The van der Waals surface area contributed by atoms with Gasteiger partial charge in [-0.25, -0.2) is 21.6 Å². The van der Waals surface area contributed by atoms with Crippen molar-refractivity contribution in [3.8, 4) is 0 Å². The Labute approximate surface area is 187 Å². The number of nitrogens with one attached hydrogen (secondary N) is 1. The molecule has 0 radical (unpaired) electrons. The molecule has 184 valence electrons. The van der Waals surface area contributed by atoms with Crippen LogP contribution in [-0.2, 0) is 34.0 Å². The third-order valence-corrected chi connectivity index (χ3v) is 6.56. The summed E-state index contributed by atoms with van der Waals surface area (Å²) in [5, 5.41) is 11.1. The number of hydrogen-bond acceptors (Lipinski definition) is 4. The molecular formula is C20H15F7N2O4S. The third-order valence-electron chi connectivity index (χ3n) is 4.89. The molecule has 2 heterocycles. The Bertz CT molecular complexity index is 1350. The number of hydrogen-bond donors (Lipinski definition) is 2. The smallest absolute Gasteiger partial charge is 0.475 e. The minimum atomic E-state index is -5.08. The van der Waals surface area contributed by atoms with Crippen molar-refractivity contribution in [2.24, 2.45) is 0 Å². The van der Waals surface area contributed by atoms with Gasteiger partial charge in [0.1, 0.15) is 5.82 Å². The van der Waals surface area contributed by atoms with Crippen LogP contribution in [0.5, 0.6) is 0 Å². The van der Waals surface area contributed by atoms with Crippen molar-refractivity contribution in [3.63, 3.8) is 0 Å². The molecule has 0 unspecified atom stereocenters. The lowest BCUT2D eigenvalue weighted by molar-refractivity contribution is -0.192. The van der Waals surface area contributed by atoms with Crippen LogP contribution in [0.15, 0.2) is 47.5 Å². The van der Waals surface area contributed by atoms with Crippen LogP contribution in [0.3, 0.4) is 0 Å². The molecule has 1 aromatic heterocycles. The Balaban J connectivity index is 0.000000406. The lowest BCUT2D eigenvalue weighted by atomic mass is 10.1. The van der Waals surface area contributed by atoms with Gasteiger partial charge in [0.15, 0.2) is 0 Å². The summed E-state index contributed by atoms with van der Waals surface area (Å²) >= 11 is 0. The van der Waals surface area contributed by atoms with Gasteiger partial charge in [-0.15, -0.1) is 0 Å². The largest absolute Gasteiger partial charge is 0.490 e. The first-order valence-corrected chi connectivity index (χ1v) is 10.8. The van der Waals surface area contributed by atoms with Gasteiger partial charge in [-0.2, -0.15) is 26.3 Å². The number of carboxylic acid groups (broad SMARTS) is 1. The van der Waals surface area contributed by atoms with Crippen LogP contribution >= 0.6 is 0 Å². The molecule has 0 spiro atoms. The zero-order chi connectivity index (χ0) is 25.5. The van der Waals surface area contributed by atoms with Crippen LogP contribution < -0.4 is 5.32 Å². The number of carboxylic acids is 1. The zero-order valence-electron chi connectivity index (χ0n) is 16.8. The molecule has 0 atom stereocenters. The van der Waals surface area contributed by atoms with Crippen molar-refractivity contribution in [2.45, 2.75) is 30.2 Å². The Hall–Kier alpha value is -3.13. The maximum atomic E-state index is 13.5. The third kappa shape index (κ3) is 5.01. The zero-order valence-corrected chi connectivity index (χ0v) is 17.7. The van der Waals surface area contributed by atoms with E-state index in [2.05, 4.69) is 5.32 Å². The highest BCUT2D eigenvalue weighted by Gasteiger charge is 2.38. The number of rotatable bonds is 2. The second kappa shape index (κ2) is 8.91. The molecule has 34 heavy (non-hydrogen) atoms. The number of nitrogens with zero attached hydrogens (tertiary/aromatic N) is 1. The Morgan fingerprint density at radius 1 is 1.03 bits per heavy atom. The van der Waals surface area contributed by atoms with Gasteiger partial charge in [0, 0.05) is 18.1 Å². The van der Waals surface area contributed by atoms with Gasteiger partial charge in [-0.05, 0) is 48.4 Å². The van der Waals surface area contributed by atoms with Crippen molar-refractivity contribution in [1.29, 1.82) is 0 Å². The molecule has 6 nitrogen and oxygen atoms in total. The Morgan fingerprint density at radius 2 is 1.68 bits per heavy atom. The van der Waals surface area contributed by atoms with Crippen molar-refractivity contribution >= 4 is 26.9 Å². The number of halogens is 7. The van der Waals surface area contributed by atoms with E-state index in [0.29, 0.717) is 37.2 Å². The second-order valence-corrected chi connectivity index (χ2v) is 8.95. The highest BCUT2D eigenvalue weighted by molar-refractivity contribution is 7.90. The quantitative estimate of drug-likeness (QED) is 0.500. The summed E-state index contributed by atoms with van der Waals surface area (Å²) < 4.78 is 111. The fourth-order valence-corrected chi connectivity index (χ4v) is 4.81. The van der Waals surface area contributed by atoms with E-state index in [9.17, 15) is 39.2 Å². The van der Waals surface area contributed by atoms with Crippen molar-refractivity contribution in [1.82, 2.24) is 9.29 Å². The first-order chi connectivity index (χ1) is 15.6. The SMILES string of the molecule is O=C(O)C(F)(F)F.O=S(=O)(c1ccc(F)c(C(F)(F)F)c1)n1cc2c3c(cccc31)CNCC2. The molecule has 1 aliphatic rings. The van der Waals surface area contributed by atoms with E-state index in [4.69, 9.17) is 9.90 Å². The molecular weight excluding hydrogens is 497 g/mol. The Morgan fingerprint density at radius 3 is 2.26 bits per heavy atom. The van der Waals surface area contributed by atoms with E-state index in [1.54, 1.807) is 12.1 Å².